The van der Waals surface area contributed by atoms with Crippen molar-refractivity contribution in [2.45, 2.75) is 30.7 Å². The van der Waals surface area contributed by atoms with Crippen LogP contribution in [0.2, 0.25) is 0 Å². The highest BCUT2D eigenvalue weighted by Gasteiger charge is 2.22. The number of sulfonamides is 1. The number of likely N-dealkylation sites (tertiary alicyclic amines) is 1. The third-order valence-electron chi connectivity index (χ3n) is 4.75. The zero-order chi connectivity index (χ0) is 22.0. The summed E-state index contributed by atoms with van der Waals surface area (Å²) in [6, 6.07) is 3.35. The molecule has 1 fully saturated rings. The molecule has 0 aliphatic carbocycles. The van der Waals surface area contributed by atoms with Gasteiger partial charge in [-0.05, 0) is 31.9 Å². The van der Waals surface area contributed by atoms with Gasteiger partial charge in [0.25, 0.3) is 0 Å². The van der Waals surface area contributed by atoms with E-state index in [0.29, 0.717) is 25.6 Å². The Labute approximate surface area is 179 Å². The number of aromatic nitrogens is 1. The average Bonchev–Trinajstić information content (AvgIpc) is 2.73. The first kappa shape index (κ1) is 24.0. The van der Waals surface area contributed by atoms with Gasteiger partial charge in [0.2, 0.25) is 15.9 Å². The van der Waals surface area contributed by atoms with Crippen LogP contribution in [0.4, 0.5) is 0 Å². The number of pyridine rings is 1. The van der Waals surface area contributed by atoms with Crippen molar-refractivity contribution < 1.29 is 13.2 Å². The van der Waals surface area contributed by atoms with Gasteiger partial charge >= 0.3 is 0 Å². The van der Waals surface area contributed by atoms with Crippen LogP contribution in [-0.4, -0.2) is 94.5 Å². The molecular weight excluding hydrogens is 406 g/mol. The van der Waals surface area contributed by atoms with Gasteiger partial charge in [-0.2, -0.15) is 0 Å². The number of likely N-dealkylation sites (N-methyl/N-ethyl adjacent to an activating group) is 1. The fourth-order valence-corrected chi connectivity index (χ4v) is 4.00. The molecule has 0 atom stereocenters. The van der Waals surface area contributed by atoms with E-state index in [0.717, 1.165) is 25.9 Å². The summed E-state index contributed by atoms with van der Waals surface area (Å²) in [7, 11) is -0.0381. The Morgan fingerprint density at radius 1 is 1.33 bits per heavy atom. The Morgan fingerprint density at radius 3 is 2.67 bits per heavy atom. The van der Waals surface area contributed by atoms with E-state index < -0.39 is 10.0 Å². The van der Waals surface area contributed by atoms with Crippen molar-refractivity contribution in [3.05, 3.63) is 24.5 Å². The predicted octanol–water partition coefficient (Wildman–Crippen LogP) is -0.532. The summed E-state index contributed by atoms with van der Waals surface area (Å²) in [6.07, 6.45) is 4.68. The fraction of sp³-hybridized carbons (Fsp3) is 0.632. The van der Waals surface area contributed by atoms with E-state index in [1.807, 2.05) is 6.92 Å². The van der Waals surface area contributed by atoms with Gasteiger partial charge in [-0.15, -0.1) is 0 Å². The highest BCUT2D eigenvalue weighted by atomic mass is 32.2. The minimum absolute atomic E-state index is 0.116. The first-order valence-electron chi connectivity index (χ1n) is 10.2. The Balaban J connectivity index is 1.79. The molecule has 30 heavy (non-hydrogen) atoms. The van der Waals surface area contributed by atoms with Crippen LogP contribution in [0, 0.1) is 0 Å². The summed E-state index contributed by atoms with van der Waals surface area (Å²) >= 11 is 0. The van der Waals surface area contributed by atoms with Gasteiger partial charge in [0, 0.05) is 58.7 Å². The van der Waals surface area contributed by atoms with Crippen molar-refractivity contribution in [1.82, 2.24) is 30.1 Å². The van der Waals surface area contributed by atoms with Crippen LogP contribution < -0.4 is 15.4 Å². The highest BCUT2D eigenvalue weighted by Crippen LogP contribution is 2.10. The van der Waals surface area contributed by atoms with Crippen LogP contribution >= 0.6 is 0 Å². The number of guanidine groups is 1. The lowest BCUT2D eigenvalue weighted by Gasteiger charge is -2.33. The van der Waals surface area contributed by atoms with Gasteiger partial charge in [-0.1, -0.05) is 0 Å². The van der Waals surface area contributed by atoms with Gasteiger partial charge < -0.3 is 15.5 Å². The van der Waals surface area contributed by atoms with Crippen LogP contribution in [0.5, 0.6) is 0 Å². The van der Waals surface area contributed by atoms with E-state index in [9.17, 15) is 13.2 Å². The molecule has 1 aliphatic heterocycles. The molecule has 10 nitrogen and oxygen atoms in total. The highest BCUT2D eigenvalue weighted by molar-refractivity contribution is 7.89. The molecule has 1 amide bonds. The van der Waals surface area contributed by atoms with Crippen LogP contribution in [0.1, 0.15) is 19.8 Å². The van der Waals surface area contributed by atoms with Crippen molar-refractivity contribution in [3.63, 3.8) is 0 Å². The molecule has 168 valence electrons. The maximum atomic E-state index is 12.2. The van der Waals surface area contributed by atoms with Crippen molar-refractivity contribution in [1.29, 1.82) is 0 Å². The molecule has 0 unspecified atom stereocenters. The lowest BCUT2D eigenvalue weighted by atomic mass is 10.1. The Hall–Kier alpha value is -2.24. The molecule has 1 aliphatic rings. The first-order valence-corrected chi connectivity index (χ1v) is 11.7. The number of carbonyl (C=O) groups excluding carboxylic acids is 1. The molecule has 3 N–H and O–H groups in total. The summed E-state index contributed by atoms with van der Waals surface area (Å²) in [4.78, 5) is 24.1. The van der Waals surface area contributed by atoms with Crippen LogP contribution in [0.3, 0.4) is 0 Å². The summed E-state index contributed by atoms with van der Waals surface area (Å²) in [5, 5.41) is 6.61. The molecule has 0 aromatic carbocycles. The van der Waals surface area contributed by atoms with Gasteiger partial charge in [0.05, 0.1) is 13.1 Å². The van der Waals surface area contributed by atoms with E-state index in [1.54, 1.807) is 25.1 Å². The van der Waals surface area contributed by atoms with Gasteiger partial charge in [-0.3, -0.25) is 19.7 Å². The second-order valence-corrected chi connectivity index (χ2v) is 9.10. The lowest BCUT2D eigenvalue weighted by molar-refractivity contribution is -0.130. The molecule has 1 aromatic rings. The number of nitrogens with zero attached hydrogens (tertiary/aromatic N) is 4. The zero-order valence-electron chi connectivity index (χ0n) is 18.0. The zero-order valence-corrected chi connectivity index (χ0v) is 18.8. The number of piperidine rings is 1. The Bertz CT molecular complexity index is 792. The molecule has 1 aromatic heterocycles. The molecule has 2 heterocycles. The maximum absolute atomic E-state index is 12.2. The van der Waals surface area contributed by atoms with Crippen molar-refractivity contribution in [2.24, 2.45) is 4.99 Å². The fourth-order valence-electron chi connectivity index (χ4n) is 3.02. The lowest BCUT2D eigenvalue weighted by Crippen LogP contribution is -2.50. The van der Waals surface area contributed by atoms with Gasteiger partial charge in [0.15, 0.2) is 5.96 Å². The second-order valence-electron chi connectivity index (χ2n) is 7.33. The number of rotatable bonds is 9. The minimum Gasteiger partial charge on any atom is -0.357 e. The van der Waals surface area contributed by atoms with Gasteiger partial charge in [-0.25, -0.2) is 13.1 Å². The van der Waals surface area contributed by atoms with Crippen LogP contribution in [0.25, 0.3) is 0 Å². The summed E-state index contributed by atoms with van der Waals surface area (Å²) in [6.45, 7) is 5.35. The SMILES string of the molecule is CCNC(=NCCNS(=O)(=O)c1cccnc1)NC1CCN(CC(=O)N(C)C)CC1. The molecule has 2 rings (SSSR count). The molecular formula is C19H33N7O3S. The topological polar surface area (TPSA) is 119 Å². The number of hydrogen-bond donors (Lipinski definition) is 3. The average molecular weight is 440 g/mol. The van der Waals surface area contributed by atoms with E-state index in [1.165, 1.54) is 18.5 Å². The maximum Gasteiger partial charge on any atom is 0.242 e. The number of carbonyl (C=O) groups is 1. The molecule has 1 saturated heterocycles. The second kappa shape index (κ2) is 11.8. The third kappa shape index (κ3) is 7.88. The number of aliphatic imine (C=N–C) groups is 1. The smallest absolute Gasteiger partial charge is 0.242 e. The molecule has 0 radical (unpaired) electrons. The molecule has 0 saturated carbocycles. The standard InChI is InChI=1S/C19H33N7O3S/c1-4-21-19(22-10-11-23-30(28,29)17-6-5-9-20-14-17)24-16-7-12-26(13-8-16)15-18(27)25(2)3/h5-6,9,14,16,23H,4,7-8,10-13,15H2,1-3H3,(H2,21,22,24). The minimum atomic E-state index is -3.58. The van der Waals surface area contributed by atoms with Gasteiger partial charge in [0.1, 0.15) is 4.90 Å². The summed E-state index contributed by atoms with van der Waals surface area (Å²) in [5.41, 5.74) is 0. The molecule has 0 spiro atoms. The van der Waals surface area contributed by atoms with Crippen molar-refractivity contribution >= 4 is 21.9 Å². The summed E-state index contributed by atoms with van der Waals surface area (Å²) < 4.78 is 26.9. The number of amides is 1. The number of nitrogens with one attached hydrogen (secondary N) is 3. The Morgan fingerprint density at radius 2 is 2.07 bits per heavy atom. The van der Waals surface area contributed by atoms with Crippen molar-refractivity contribution in [2.75, 3.05) is 53.4 Å². The first-order chi connectivity index (χ1) is 14.3. The third-order valence-corrected chi connectivity index (χ3v) is 6.20. The van der Waals surface area contributed by atoms with Crippen molar-refractivity contribution in [3.8, 4) is 0 Å². The van der Waals surface area contributed by atoms with Crippen LogP contribution in [-0.2, 0) is 14.8 Å². The monoisotopic (exact) mass is 439 g/mol. The van der Waals surface area contributed by atoms with E-state index in [4.69, 9.17) is 0 Å². The van der Waals surface area contributed by atoms with E-state index in [-0.39, 0.29) is 23.4 Å². The Kier molecular flexibility index (Phi) is 9.47. The van der Waals surface area contributed by atoms with Crippen LogP contribution in [0.15, 0.2) is 34.4 Å². The molecule has 0 bridgehead atoms. The largest absolute Gasteiger partial charge is 0.357 e. The quantitative estimate of drug-likeness (QED) is 0.269. The normalized spacial score (nSPS) is 16.3. The molecule has 11 heteroatoms. The predicted molar refractivity (Wildman–Crippen MR) is 117 cm³/mol. The summed E-state index contributed by atoms with van der Waals surface area (Å²) in [5.74, 6) is 0.783. The van der Waals surface area contributed by atoms with E-state index >= 15 is 0 Å². The van der Waals surface area contributed by atoms with E-state index in [2.05, 4.69) is 30.2 Å². The number of hydrogen-bond acceptors (Lipinski definition) is 6.